The van der Waals surface area contributed by atoms with Crippen molar-refractivity contribution in [2.24, 2.45) is 17.8 Å². The van der Waals surface area contributed by atoms with E-state index in [1.165, 1.54) is 24.0 Å². The standard InChI is InChI=1S/C21H29F3N2O.CH3NO2/c1-13-4-6-17(7-5-13)18(21(22,23)24)25-19(27)26-20(3)11-15-8-14(2)9-16(10-15)12-20;3-1-2-4/h4-7,14-16,18H,8-12H2,1-3H3,(H2,25,26,27);1,4H,(H,2,3). The van der Waals surface area contributed by atoms with Gasteiger partial charge in [0, 0.05) is 5.54 Å². The van der Waals surface area contributed by atoms with Crippen LogP contribution in [-0.4, -0.2) is 29.4 Å². The minimum absolute atomic E-state index is 0.0442. The van der Waals surface area contributed by atoms with Gasteiger partial charge in [-0.2, -0.15) is 13.2 Å². The highest BCUT2D eigenvalue weighted by Gasteiger charge is 2.44. The van der Waals surface area contributed by atoms with Crippen LogP contribution in [0.4, 0.5) is 18.0 Å². The molecular formula is C22H32F3N3O3. The second kappa shape index (κ2) is 10.3. The average Bonchev–Trinajstić information content (AvgIpc) is 2.64. The number of hydroxylamine groups is 1. The van der Waals surface area contributed by atoms with Gasteiger partial charge in [-0.05, 0) is 69.3 Å². The predicted octanol–water partition coefficient (Wildman–Crippen LogP) is 4.62. The predicted molar refractivity (Wildman–Crippen MR) is 110 cm³/mol. The number of urea groups is 1. The van der Waals surface area contributed by atoms with E-state index in [1.54, 1.807) is 12.1 Å². The topological polar surface area (TPSA) is 90.5 Å². The summed E-state index contributed by atoms with van der Waals surface area (Å²) in [6.45, 7) is 6.04. The Hall–Kier alpha value is -2.29. The molecule has 2 saturated carbocycles. The molecule has 31 heavy (non-hydrogen) atoms. The van der Waals surface area contributed by atoms with Crippen LogP contribution in [0, 0.1) is 24.7 Å². The summed E-state index contributed by atoms with van der Waals surface area (Å²) < 4.78 is 40.6. The van der Waals surface area contributed by atoms with E-state index in [-0.39, 0.29) is 12.0 Å². The number of rotatable bonds is 4. The molecule has 3 unspecified atom stereocenters. The van der Waals surface area contributed by atoms with E-state index in [0.717, 1.165) is 31.2 Å². The lowest BCUT2D eigenvalue weighted by molar-refractivity contribution is -0.155. The molecule has 2 fully saturated rings. The Morgan fingerprint density at radius 3 is 2.13 bits per heavy atom. The van der Waals surface area contributed by atoms with E-state index in [4.69, 9.17) is 10.0 Å². The third-order valence-electron chi connectivity index (χ3n) is 6.10. The minimum atomic E-state index is -4.55. The average molecular weight is 444 g/mol. The van der Waals surface area contributed by atoms with Gasteiger partial charge in [0.15, 0.2) is 6.04 Å². The molecule has 3 atom stereocenters. The molecule has 174 valence electrons. The zero-order valence-electron chi connectivity index (χ0n) is 18.1. The fraction of sp³-hybridized carbons (Fsp3) is 0.636. The zero-order chi connectivity index (χ0) is 23.2. The van der Waals surface area contributed by atoms with Gasteiger partial charge in [-0.25, -0.2) is 10.3 Å². The molecule has 1 aromatic rings. The number of fused-ring (bicyclic) bond motifs is 2. The van der Waals surface area contributed by atoms with Crippen LogP contribution in [0.15, 0.2) is 24.3 Å². The molecule has 1 aromatic carbocycles. The molecule has 4 N–H and O–H groups in total. The summed E-state index contributed by atoms with van der Waals surface area (Å²) in [4.78, 5) is 21.3. The smallest absolute Gasteiger partial charge is 0.333 e. The molecule has 3 amide bonds. The largest absolute Gasteiger partial charge is 0.412 e. The van der Waals surface area contributed by atoms with Crippen LogP contribution in [0.2, 0.25) is 0 Å². The third-order valence-corrected chi connectivity index (χ3v) is 6.10. The van der Waals surface area contributed by atoms with Gasteiger partial charge in [0.2, 0.25) is 6.41 Å². The van der Waals surface area contributed by atoms with Gasteiger partial charge in [0.1, 0.15) is 0 Å². The number of benzene rings is 1. The second-order valence-electron chi connectivity index (χ2n) is 9.24. The van der Waals surface area contributed by atoms with Crippen LogP contribution < -0.4 is 16.1 Å². The normalized spacial score (nSPS) is 28.4. The van der Waals surface area contributed by atoms with Gasteiger partial charge in [-0.15, -0.1) is 0 Å². The first-order valence-electron chi connectivity index (χ1n) is 10.5. The van der Waals surface area contributed by atoms with Crippen molar-refractivity contribution in [1.82, 2.24) is 16.1 Å². The molecule has 2 aliphatic rings. The maximum atomic E-state index is 13.5. The Labute approximate surface area is 180 Å². The minimum Gasteiger partial charge on any atom is -0.333 e. The van der Waals surface area contributed by atoms with E-state index >= 15 is 0 Å². The van der Waals surface area contributed by atoms with Crippen molar-refractivity contribution in [3.05, 3.63) is 35.4 Å². The second-order valence-corrected chi connectivity index (χ2v) is 9.24. The number of hydrogen-bond donors (Lipinski definition) is 4. The lowest BCUT2D eigenvalue weighted by Crippen LogP contribution is -2.56. The van der Waals surface area contributed by atoms with Crippen LogP contribution in [0.3, 0.4) is 0 Å². The van der Waals surface area contributed by atoms with E-state index in [2.05, 4.69) is 17.6 Å². The molecule has 0 saturated heterocycles. The monoisotopic (exact) mass is 443 g/mol. The van der Waals surface area contributed by atoms with Crippen molar-refractivity contribution in [1.29, 1.82) is 0 Å². The maximum absolute atomic E-state index is 13.5. The fourth-order valence-corrected chi connectivity index (χ4v) is 5.25. The van der Waals surface area contributed by atoms with Crippen molar-refractivity contribution in [2.75, 3.05) is 0 Å². The van der Waals surface area contributed by atoms with Crippen LogP contribution in [0.5, 0.6) is 0 Å². The number of hydrogen-bond acceptors (Lipinski definition) is 3. The van der Waals surface area contributed by atoms with Crippen molar-refractivity contribution in [2.45, 2.75) is 70.6 Å². The van der Waals surface area contributed by atoms with Crippen molar-refractivity contribution < 1.29 is 28.0 Å². The van der Waals surface area contributed by atoms with Crippen LogP contribution in [-0.2, 0) is 4.79 Å². The van der Waals surface area contributed by atoms with Crippen molar-refractivity contribution in [3.8, 4) is 0 Å². The third kappa shape index (κ3) is 7.41. The number of carbonyl (C=O) groups excluding carboxylic acids is 2. The van der Waals surface area contributed by atoms with Gasteiger partial charge < -0.3 is 10.6 Å². The lowest BCUT2D eigenvalue weighted by Gasteiger charge is -2.47. The van der Waals surface area contributed by atoms with Crippen LogP contribution in [0.1, 0.15) is 63.1 Å². The summed E-state index contributed by atoms with van der Waals surface area (Å²) >= 11 is 0. The SMILES string of the molecule is Cc1ccc(C(NC(=O)NC2(C)CC3CC(C)CC(C3)C2)C(F)(F)F)cc1.O=CNO. The summed E-state index contributed by atoms with van der Waals surface area (Å²) in [5.41, 5.74) is 1.73. The first kappa shape index (κ1) is 25.0. The van der Waals surface area contributed by atoms with Crippen LogP contribution >= 0.6 is 0 Å². The molecule has 6 nitrogen and oxygen atoms in total. The van der Waals surface area contributed by atoms with Gasteiger partial charge in [-0.1, -0.05) is 36.8 Å². The Balaban J connectivity index is 0.000000785. The van der Waals surface area contributed by atoms with Gasteiger partial charge in [0.05, 0.1) is 0 Å². The first-order chi connectivity index (χ1) is 14.5. The Morgan fingerprint density at radius 1 is 1.16 bits per heavy atom. The van der Waals surface area contributed by atoms with Gasteiger partial charge >= 0.3 is 12.2 Å². The summed E-state index contributed by atoms with van der Waals surface area (Å²) in [5.74, 6) is 1.80. The molecule has 0 aliphatic heterocycles. The number of halogens is 3. The van der Waals surface area contributed by atoms with E-state index in [0.29, 0.717) is 17.8 Å². The number of amides is 3. The zero-order valence-corrected chi connectivity index (χ0v) is 18.1. The van der Waals surface area contributed by atoms with E-state index in [9.17, 15) is 18.0 Å². The molecule has 2 aliphatic carbocycles. The Morgan fingerprint density at radius 2 is 1.68 bits per heavy atom. The molecule has 3 rings (SSSR count). The molecular weight excluding hydrogens is 411 g/mol. The number of alkyl halides is 3. The Bertz CT molecular complexity index is 722. The van der Waals surface area contributed by atoms with Gasteiger partial charge in [-0.3, -0.25) is 10.0 Å². The van der Waals surface area contributed by atoms with Crippen molar-refractivity contribution >= 4 is 12.4 Å². The maximum Gasteiger partial charge on any atom is 0.412 e. The summed E-state index contributed by atoms with van der Waals surface area (Å²) in [5, 5.41) is 12.3. The molecule has 2 bridgehead atoms. The van der Waals surface area contributed by atoms with E-state index in [1.807, 2.05) is 13.8 Å². The summed E-state index contributed by atoms with van der Waals surface area (Å²) in [7, 11) is 0. The highest BCUT2D eigenvalue weighted by Crippen LogP contribution is 2.46. The Kier molecular flexibility index (Phi) is 8.34. The molecule has 0 radical (unpaired) electrons. The molecule has 0 heterocycles. The highest BCUT2D eigenvalue weighted by molar-refractivity contribution is 5.75. The summed E-state index contributed by atoms with van der Waals surface area (Å²) in [6.07, 6.45) is 0.766. The van der Waals surface area contributed by atoms with Crippen molar-refractivity contribution in [3.63, 3.8) is 0 Å². The molecule has 9 heteroatoms. The lowest BCUT2D eigenvalue weighted by atomic mass is 9.63. The first-order valence-corrected chi connectivity index (χ1v) is 10.5. The number of aryl methyl sites for hydroxylation is 1. The summed E-state index contributed by atoms with van der Waals surface area (Å²) in [6, 6.07) is 3.33. The van der Waals surface area contributed by atoms with Crippen LogP contribution in [0.25, 0.3) is 0 Å². The number of carbonyl (C=O) groups is 2. The number of nitrogens with one attached hydrogen (secondary N) is 3. The molecule has 0 spiro atoms. The highest BCUT2D eigenvalue weighted by atomic mass is 19.4. The molecule has 0 aromatic heterocycles. The van der Waals surface area contributed by atoms with E-state index < -0.39 is 23.8 Å². The fourth-order valence-electron chi connectivity index (χ4n) is 5.25. The quantitative estimate of drug-likeness (QED) is 0.311. The van der Waals surface area contributed by atoms with Gasteiger partial charge in [0.25, 0.3) is 0 Å².